The van der Waals surface area contributed by atoms with Crippen LogP contribution in [0.5, 0.6) is 5.75 Å². The van der Waals surface area contributed by atoms with Crippen molar-refractivity contribution in [2.24, 2.45) is 0 Å². The van der Waals surface area contributed by atoms with Gasteiger partial charge in [-0.05, 0) is 50.5 Å². The van der Waals surface area contributed by atoms with Gasteiger partial charge in [0.2, 0.25) is 0 Å². The predicted molar refractivity (Wildman–Crippen MR) is 106 cm³/mol. The number of nitrogens with one attached hydrogen (secondary N) is 2. The first-order chi connectivity index (χ1) is 14.1. The number of benzene rings is 1. The highest BCUT2D eigenvalue weighted by Crippen LogP contribution is 2.32. The molecule has 3 aromatic rings. The van der Waals surface area contributed by atoms with Gasteiger partial charge in [0.15, 0.2) is 5.65 Å². The van der Waals surface area contributed by atoms with Crippen LogP contribution in [-0.4, -0.2) is 32.7 Å². The molecular formula is C21H22FN5O2. The fraction of sp³-hybridized carbons (Fsp3) is 0.381. The van der Waals surface area contributed by atoms with E-state index in [0.29, 0.717) is 22.8 Å². The number of carbonyl (C=O) groups excluding carboxylic acids is 1. The van der Waals surface area contributed by atoms with Crippen molar-refractivity contribution in [3.05, 3.63) is 53.6 Å². The largest absolute Gasteiger partial charge is 0.488 e. The SMILES string of the molecule is C[C@H]1Nc2ccn3ncc(c3n2)C(=O)N[C@@H]2CCCC[C@H]2Oc2ccc(F)cc21. The fourth-order valence-electron chi connectivity index (χ4n) is 4.19. The van der Waals surface area contributed by atoms with Crippen LogP contribution in [0.2, 0.25) is 0 Å². The smallest absolute Gasteiger partial charge is 0.257 e. The van der Waals surface area contributed by atoms with Gasteiger partial charge >= 0.3 is 0 Å². The average molecular weight is 395 g/mol. The monoisotopic (exact) mass is 395 g/mol. The van der Waals surface area contributed by atoms with Gasteiger partial charge < -0.3 is 15.4 Å². The van der Waals surface area contributed by atoms with Crippen molar-refractivity contribution in [2.75, 3.05) is 5.32 Å². The number of fused-ring (bicyclic) bond motifs is 3. The summed E-state index contributed by atoms with van der Waals surface area (Å²) in [6.07, 6.45) is 6.83. The maximum atomic E-state index is 14.0. The predicted octanol–water partition coefficient (Wildman–Crippen LogP) is 3.47. The molecule has 3 atom stereocenters. The summed E-state index contributed by atoms with van der Waals surface area (Å²) in [5.41, 5.74) is 1.62. The molecule has 2 bridgehead atoms. The molecule has 2 aromatic heterocycles. The van der Waals surface area contributed by atoms with Crippen molar-refractivity contribution in [3.8, 4) is 5.75 Å². The second-order valence-corrected chi connectivity index (χ2v) is 7.71. The van der Waals surface area contributed by atoms with E-state index in [9.17, 15) is 9.18 Å². The van der Waals surface area contributed by atoms with Gasteiger partial charge in [-0.3, -0.25) is 4.79 Å². The number of carbonyl (C=O) groups is 1. The number of rotatable bonds is 0. The van der Waals surface area contributed by atoms with Gasteiger partial charge in [-0.2, -0.15) is 5.10 Å². The van der Waals surface area contributed by atoms with Crippen LogP contribution >= 0.6 is 0 Å². The van der Waals surface area contributed by atoms with Crippen LogP contribution in [0.4, 0.5) is 10.2 Å². The number of hydrogen-bond donors (Lipinski definition) is 2. The van der Waals surface area contributed by atoms with Crippen LogP contribution in [0.15, 0.2) is 36.7 Å². The Kier molecular flexibility index (Phi) is 4.34. The lowest BCUT2D eigenvalue weighted by Crippen LogP contribution is -2.47. The van der Waals surface area contributed by atoms with Gasteiger partial charge in [-0.25, -0.2) is 13.9 Å². The fourth-order valence-corrected chi connectivity index (χ4v) is 4.19. The van der Waals surface area contributed by atoms with Gasteiger partial charge in [0.25, 0.3) is 5.91 Å². The van der Waals surface area contributed by atoms with E-state index in [1.807, 2.05) is 6.92 Å². The molecule has 0 saturated heterocycles. The number of hydrogen-bond acceptors (Lipinski definition) is 5. The Balaban J connectivity index is 1.64. The number of nitrogens with zero attached hydrogens (tertiary/aromatic N) is 3. The first kappa shape index (κ1) is 17.9. The number of halogens is 1. The normalized spacial score (nSPS) is 24.2. The molecule has 29 heavy (non-hydrogen) atoms. The summed E-state index contributed by atoms with van der Waals surface area (Å²) < 4.78 is 21.9. The van der Waals surface area contributed by atoms with Crippen LogP contribution in [0.1, 0.15) is 54.6 Å². The number of ether oxygens (including phenoxy) is 1. The Morgan fingerprint density at radius 3 is 2.97 bits per heavy atom. The summed E-state index contributed by atoms with van der Waals surface area (Å²) in [5.74, 6) is 0.671. The maximum Gasteiger partial charge on any atom is 0.257 e. The highest BCUT2D eigenvalue weighted by Gasteiger charge is 2.31. The van der Waals surface area contributed by atoms with Crippen molar-refractivity contribution >= 4 is 17.4 Å². The Morgan fingerprint density at radius 2 is 2.07 bits per heavy atom. The van der Waals surface area contributed by atoms with Crippen LogP contribution in [0.3, 0.4) is 0 Å². The summed E-state index contributed by atoms with van der Waals surface area (Å²) in [6.45, 7) is 1.94. The molecule has 2 N–H and O–H groups in total. The minimum Gasteiger partial charge on any atom is -0.488 e. The lowest BCUT2D eigenvalue weighted by Gasteiger charge is -2.33. The van der Waals surface area contributed by atoms with E-state index in [0.717, 1.165) is 31.2 Å². The standard InChI is InChI=1S/C21H22FN5O2/c1-12-14-10-13(22)6-7-17(14)29-18-5-3-2-4-16(18)25-21(28)15-11-23-27-9-8-19(24-12)26-20(15)27/h6-12,16,18H,2-5H2,1H3,(H,24,26)(H,25,28)/t12-,16-,18-/m1/s1. The lowest BCUT2D eigenvalue weighted by molar-refractivity contribution is 0.0796. The molecule has 7 nitrogen and oxygen atoms in total. The zero-order valence-electron chi connectivity index (χ0n) is 16.1. The molecule has 1 aliphatic carbocycles. The summed E-state index contributed by atoms with van der Waals surface area (Å²) in [6, 6.07) is 5.97. The first-order valence-corrected chi connectivity index (χ1v) is 9.96. The molecule has 0 unspecified atom stereocenters. The molecule has 150 valence electrons. The van der Waals surface area contributed by atoms with E-state index in [2.05, 4.69) is 20.7 Å². The van der Waals surface area contributed by atoms with Crippen molar-refractivity contribution in [2.45, 2.75) is 50.8 Å². The van der Waals surface area contributed by atoms with Crippen molar-refractivity contribution < 1.29 is 13.9 Å². The summed E-state index contributed by atoms with van der Waals surface area (Å²) in [4.78, 5) is 17.6. The van der Waals surface area contributed by atoms with Crippen LogP contribution < -0.4 is 15.4 Å². The molecule has 3 heterocycles. The zero-order chi connectivity index (χ0) is 20.0. The van der Waals surface area contributed by atoms with Gasteiger partial charge in [-0.1, -0.05) is 6.42 Å². The quantitative estimate of drug-likeness (QED) is 0.609. The van der Waals surface area contributed by atoms with Crippen molar-refractivity contribution in [1.82, 2.24) is 19.9 Å². The molecule has 5 rings (SSSR count). The summed E-state index contributed by atoms with van der Waals surface area (Å²) in [5, 5.41) is 10.6. The first-order valence-electron chi connectivity index (χ1n) is 9.96. The summed E-state index contributed by atoms with van der Waals surface area (Å²) >= 11 is 0. The summed E-state index contributed by atoms with van der Waals surface area (Å²) in [7, 11) is 0. The van der Waals surface area contributed by atoms with E-state index in [4.69, 9.17) is 4.74 Å². The molecular weight excluding hydrogens is 373 g/mol. The third kappa shape index (κ3) is 3.28. The van der Waals surface area contributed by atoms with Crippen molar-refractivity contribution in [1.29, 1.82) is 0 Å². The second-order valence-electron chi connectivity index (χ2n) is 7.71. The molecule has 1 fully saturated rings. The number of anilines is 1. The highest BCUT2D eigenvalue weighted by atomic mass is 19.1. The van der Waals surface area contributed by atoms with E-state index in [-0.39, 0.29) is 29.9 Å². The van der Waals surface area contributed by atoms with Crippen molar-refractivity contribution in [3.63, 3.8) is 0 Å². The number of amides is 1. The Morgan fingerprint density at radius 1 is 1.21 bits per heavy atom. The third-order valence-corrected chi connectivity index (χ3v) is 5.71. The zero-order valence-corrected chi connectivity index (χ0v) is 16.1. The van der Waals surface area contributed by atoms with E-state index >= 15 is 0 Å². The molecule has 1 amide bonds. The molecule has 1 aliphatic heterocycles. The molecule has 8 heteroatoms. The van der Waals surface area contributed by atoms with Crippen LogP contribution in [-0.2, 0) is 0 Å². The molecule has 0 spiro atoms. The Labute approximate surface area is 167 Å². The van der Waals surface area contributed by atoms with Crippen LogP contribution in [0, 0.1) is 5.82 Å². The Hall–Kier alpha value is -3.16. The van der Waals surface area contributed by atoms with Gasteiger partial charge in [0.1, 0.15) is 29.1 Å². The maximum absolute atomic E-state index is 14.0. The Bertz CT molecular complexity index is 1080. The minimum absolute atomic E-state index is 0.128. The lowest BCUT2D eigenvalue weighted by atomic mass is 9.92. The van der Waals surface area contributed by atoms with E-state index in [1.54, 1.807) is 22.8 Å². The van der Waals surface area contributed by atoms with E-state index < -0.39 is 0 Å². The molecule has 1 saturated carbocycles. The topological polar surface area (TPSA) is 80.5 Å². The third-order valence-electron chi connectivity index (χ3n) is 5.71. The van der Waals surface area contributed by atoms with Crippen LogP contribution in [0.25, 0.3) is 5.65 Å². The second kappa shape index (κ2) is 7.02. The molecule has 2 aliphatic rings. The van der Waals surface area contributed by atoms with Gasteiger partial charge in [-0.15, -0.1) is 0 Å². The minimum atomic E-state index is -0.319. The highest BCUT2D eigenvalue weighted by molar-refractivity contribution is 6.00. The molecule has 0 radical (unpaired) electrons. The van der Waals surface area contributed by atoms with Gasteiger partial charge in [0, 0.05) is 11.8 Å². The number of aromatic nitrogens is 3. The molecule has 1 aromatic carbocycles. The average Bonchev–Trinajstić information content (AvgIpc) is 3.13. The van der Waals surface area contributed by atoms with E-state index in [1.165, 1.54) is 18.3 Å². The van der Waals surface area contributed by atoms with Gasteiger partial charge in [0.05, 0.1) is 18.3 Å².